The van der Waals surface area contributed by atoms with E-state index in [1.807, 2.05) is 0 Å². The minimum Gasteiger partial charge on any atom is -0.480 e. The maximum Gasteiger partial charge on any atom is 0.329 e. The molecule has 0 bridgehead atoms. The third-order valence-corrected chi connectivity index (χ3v) is 3.75. The minimum absolute atomic E-state index is 0.0142. The summed E-state index contributed by atoms with van der Waals surface area (Å²) in [6, 6.07) is 0. The lowest BCUT2D eigenvalue weighted by atomic mass is 9.77. The molecule has 17 heavy (non-hydrogen) atoms. The standard InChI is InChI=1S/C12H19NO4/c14-10(8-17-9-4-1-2-5-9)13-12(11(15)16)6-3-7-12/h9H,1-8H2,(H,13,14)(H,15,16). The number of carboxylic acid groups (broad SMARTS) is 1. The Morgan fingerprint density at radius 3 is 2.35 bits per heavy atom. The van der Waals surface area contributed by atoms with Crippen molar-refractivity contribution in [3.05, 3.63) is 0 Å². The van der Waals surface area contributed by atoms with Crippen molar-refractivity contribution in [3.63, 3.8) is 0 Å². The average molecular weight is 241 g/mol. The Hall–Kier alpha value is -1.10. The number of carbonyl (C=O) groups excluding carboxylic acids is 1. The van der Waals surface area contributed by atoms with E-state index < -0.39 is 11.5 Å². The largest absolute Gasteiger partial charge is 0.480 e. The average Bonchev–Trinajstić information content (AvgIpc) is 2.72. The highest BCUT2D eigenvalue weighted by atomic mass is 16.5. The van der Waals surface area contributed by atoms with Crippen LogP contribution >= 0.6 is 0 Å². The molecule has 0 aromatic rings. The molecule has 1 amide bonds. The molecule has 0 atom stereocenters. The molecule has 0 aromatic heterocycles. The van der Waals surface area contributed by atoms with Gasteiger partial charge in [-0.2, -0.15) is 0 Å². The monoisotopic (exact) mass is 241 g/mol. The normalized spacial score (nSPS) is 23.1. The van der Waals surface area contributed by atoms with Gasteiger partial charge in [0.05, 0.1) is 6.10 Å². The minimum atomic E-state index is -1.02. The molecule has 2 rings (SSSR count). The molecule has 2 saturated carbocycles. The van der Waals surface area contributed by atoms with Gasteiger partial charge in [-0.3, -0.25) is 4.79 Å². The number of carboxylic acids is 1. The molecule has 0 aromatic carbocycles. The van der Waals surface area contributed by atoms with E-state index >= 15 is 0 Å². The van der Waals surface area contributed by atoms with E-state index in [-0.39, 0.29) is 18.6 Å². The van der Waals surface area contributed by atoms with Crippen molar-refractivity contribution in [1.82, 2.24) is 5.32 Å². The predicted molar refractivity (Wildman–Crippen MR) is 60.6 cm³/mol. The molecule has 2 N–H and O–H groups in total. The smallest absolute Gasteiger partial charge is 0.329 e. The van der Waals surface area contributed by atoms with E-state index in [2.05, 4.69) is 5.32 Å². The Kier molecular flexibility index (Phi) is 3.66. The Labute approximate surface area is 101 Å². The van der Waals surface area contributed by atoms with Gasteiger partial charge >= 0.3 is 5.97 Å². The number of rotatable bonds is 5. The zero-order valence-electron chi connectivity index (χ0n) is 9.91. The molecule has 96 valence electrons. The fraction of sp³-hybridized carbons (Fsp3) is 0.833. The van der Waals surface area contributed by atoms with Crippen molar-refractivity contribution in [2.24, 2.45) is 0 Å². The van der Waals surface area contributed by atoms with Crippen LogP contribution in [0.15, 0.2) is 0 Å². The van der Waals surface area contributed by atoms with Crippen molar-refractivity contribution in [1.29, 1.82) is 0 Å². The summed E-state index contributed by atoms with van der Waals surface area (Å²) < 4.78 is 5.45. The SMILES string of the molecule is O=C(COC1CCCC1)NC1(C(=O)O)CCC1. The third kappa shape index (κ3) is 2.77. The number of carbonyl (C=O) groups is 2. The molecule has 0 unspecified atom stereocenters. The number of hydrogen-bond donors (Lipinski definition) is 2. The van der Waals surface area contributed by atoms with Gasteiger partial charge in [0.15, 0.2) is 0 Å². The van der Waals surface area contributed by atoms with E-state index in [4.69, 9.17) is 9.84 Å². The van der Waals surface area contributed by atoms with Gasteiger partial charge in [0.1, 0.15) is 12.1 Å². The van der Waals surface area contributed by atoms with Gasteiger partial charge < -0.3 is 15.2 Å². The molecule has 5 heteroatoms. The number of ether oxygens (including phenoxy) is 1. The van der Waals surface area contributed by atoms with Crippen molar-refractivity contribution < 1.29 is 19.4 Å². The van der Waals surface area contributed by atoms with Gasteiger partial charge in [-0.15, -0.1) is 0 Å². The van der Waals surface area contributed by atoms with Crippen LogP contribution < -0.4 is 5.32 Å². The zero-order chi connectivity index (χ0) is 12.3. The van der Waals surface area contributed by atoms with Crippen molar-refractivity contribution >= 4 is 11.9 Å². The first kappa shape index (κ1) is 12.4. The van der Waals surface area contributed by atoms with Crippen LogP contribution in [-0.4, -0.2) is 35.2 Å². The third-order valence-electron chi connectivity index (χ3n) is 3.75. The quantitative estimate of drug-likeness (QED) is 0.755. The summed E-state index contributed by atoms with van der Waals surface area (Å²) in [5.41, 5.74) is -1.02. The van der Waals surface area contributed by atoms with Crippen LogP contribution in [-0.2, 0) is 14.3 Å². The molecule has 2 aliphatic rings. The molecular weight excluding hydrogens is 222 g/mol. The van der Waals surface area contributed by atoms with Crippen molar-refractivity contribution in [3.8, 4) is 0 Å². The fourth-order valence-corrected chi connectivity index (χ4v) is 2.47. The van der Waals surface area contributed by atoms with Gasteiger partial charge in [0.25, 0.3) is 0 Å². The summed E-state index contributed by atoms with van der Waals surface area (Å²) in [5.74, 6) is -1.24. The summed E-state index contributed by atoms with van der Waals surface area (Å²) in [6.45, 7) is -0.0142. The molecule has 5 nitrogen and oxygen atoms in total. The van der Waals surface area contributed by atoms with Crippen LogP contribution in [0, 0.1) is 0 Å². The van der Waals surface area contributed by atoms with Gasteiger partial charge in [-0.25, -0.2) is 4.79 Å². The first-order valence-electron chi connectivity index (χ1n) is 6.28. The van der Waals surface area contributed by atoms with Crippen LogP contribution in [0.3, 0.4) is 0 Å². The van der Waals surface area contributed by atoms with E-state index in [0.29, 0.717) is 12.8 Å². The molecule has 0 radical (unpaired) electrons. The predicted octanol–water partition coefficient (Wildman–Crippen LogP) is 1.07. The highest BCUT2D eigenvalue weighted by Crippen LogP contribution is 2.32. The Balaban J connectivity index is 1.74. The molecule has 0 aliphatic heterocycles. The molecule has 2 aliphatic carbocycles. The Bertz CT molecular complexity index is 306. The first-order valence-corrected chi connectivity index (χ1v) is 6.28. The van der Waals surface area contributed by atoms with E-state index in [0.717, 1.165) is 32.1 Å². The molecule has 0 saturated heterocycles. The number of hydrogen-bond acceptors (Lipinski definition) is 3. The highest BCUT2D eigenvalue weighted by Gasteiger charge is 2.45. The summed E-state index contributed by atoms with van der Waals surface area (Å²) in [6.07, 6.45) is 6.43. The zero-order valence-corrected chi connectivity index (χ0v) is 9.91. The summed E-state index contributed by atoms with van der Waals surface area (Å²) in [7, 11) is 0. The second kappa shape index (κ2) is 5.04. The van der Waals surface area contributed by atoms with Crippen molar-refractivity contribution in [2.45, 2.75) is 56.6 Å². The lowest BCUT2D eigenvalue weighted by Gasteiger charge is -2.38. The number of amides is 1. The van der Waals surface area contributed by atoms with E-state index in [1.54, 1.807) is 0 Å². The second-order valence-electron chi connectivity index (χ2n) is 5.01. The summed E-state index contributed by atoms with van der Waals surface area (Å²) >= 11 is 0. The van der Waals surface area contributed by atoms with E-state index in [9.17, 15) is 9.59 Å². The summed E-state index contributed by atoms with van der Waals surface area (Å²) in [5, 5.41) is 11.6. The Morgan fingerprint density at radius 1 is 1.24 bits per heavy atom. The van der Waals surface area contributed by atoms with Crippen LogP contribution in [0.5, 0.6) is 0 Å². The highest BCUT2D eigenvalue weighted by molar-refractivity contribution is 5.88. The van der Waals surface area contributed by atoms with Crippen LogP contribution in [0.4, 0.5) is 0 Å². The van der Waals surface area contributed by atoms with E-state index in [1.165, 1.54) is 0 Å². The molecule has 2 fully saturated rings. The van der Waals surface area contributed by atoms with Gasteiger partial charge in [-0.05, 0) is 32.1 Å². The molecule has 0 spiro atoms. The Morgan fingerprint density at radius 2 is 1.88 bits per heavy atom. The van der Waals surface area contributed by atoms with Crippen molar-refractivity contribution in [2.75, 3.05) is 6.61 Å². The maximum absolute atomic E-state index is 11.6. The lowest BCUT2D eigenvalue weighted by molar-refractivity contribution is -0.152. The van der Waals surface area contributed by atoms with Crippen LogP contribution in [0.1, 0.15) is 44.9 Å². The van der Waals surface area contributed by atoms with Gasteiger partial charge in [-0.1, -0.05) is 12.8 Å². The number of nitrogens with one attached hydrogen (secondary N) is 1. The number of aliphatic carboxylic acids is 1. The fourth-order valence-electron chi connectivity index (χ4n) is 2.47. The second-order valence-corrected chi connectivity index (χ2v) is 5.01. The van der Waals surface area contributed by atoms with Crippen LogP contribution in [0.2, 0.25) is 0 Å². The summed E-state index contributed by atoms with van der Waals surface area (Å²) in [4.78, 5) is 22.7. The van der Waals surface area contributed by atoms with Gasteiger partial charge in [0.2, 0.25) is 5.91 Å². The molecule has 0 heterocycles. The van der Waals surface area contributed by atoms with Gasteiger partial charge in [0, 0.05) is 0 Å². The van der Waals surface area contributed by atoms with Crippen LogP contribution in [0.25, 0.3) is 0 Å². The molecular formula is C12H19NO4. The topological polar surface area (TPSA) is 75.6 Å². The lowest BCUT2D eigenvalue weighted by Crippen LogP contribution is -2.59. The first-order chi connectivity index (χ1) is 8.12. The maximum atomic E-state index is 11.6.